The van der Waals surface area contributed by atoms with E-state index in [0.29, 0.717) is 10.6 Å². The van der Waals surface area contributed by atoms with Gasteiger partial charge in [0.25, 0.3) is 0 Å². The third kappa shape index (κ3) is 1.91. The second-order valence-corrected chi connectivity index (χ2v) is 6.59. The van der Waals surface area contributed by atoms with E-state index in [0.717, 1.165) is 22.7 Å². The summed E-state index contributed by atoms with van der Waals surface area (Å²) in [6, 6.07) is 5.02. The highest BCUT2D eigenvalue weighted by Crippen LogP contribution is 2.34. The molecule has 0 saturated carbocycles. The number of nitrogens with one attached hydrogen (secondary N) is 1. The molecule has 3 nitrogen and oxygen atoms in total. The second kappa shape index (κ2) is 4.25. The summed E-state index contributed by atoms with van der Waals surface area (Å²) in [7, 11) is 0. The van der Waals surface area contributed by atoms with E-state index in [2.05, 4.69) is 15.3 Å². The minimum atomic E-state index is -0.275. The van der Waals surface area contributed by atoms with Crippen LogP contribution in [0.2, 0.25) is 0 Å². The van der Waals surface area contributed by atoms with Crippen LogP contribution in [0.4, 0.5) is 14.7 Å². The lowest BCUT2D eigenvalue weighted by atomic mass is 10.3. The van der Waals surface area contributed by atoms with E-state index in [9.17, 15) is 4.39 Å². The molecular weight excluding hydrogens is 281 g/mol. The number of anilines is 2. The first-order valence-corrected chi connectivity index (χ1v) is 7.73. The molecule has 6 heteroatoms. The van der Waals surface area contributed by atoms with Crippen molar-refractivity contribution < 1.29 is 4.39 Å². The van der Waals surface area contributed by atoms with Crippen LogP contribution in [0.15, 0.2) is 18.2 Å². The molecule has 1 aliphatic rings. The highest BCUT2D eigenvalue weighted by Gasteiger charge is 2.17. The number of fused-ring (bicyclic) bond motifs is 2. The Morgan fingerprint density at radius 2 is 2.00 bits per heavy atom. The average Bonchev–Trinajstić information content (AvgIpc) is 3.03. The van der Waals surface area contributed by atoms with Crippen LogP contribution in [0, 0.1) is 5.82 Å². The Kier molecular flexibility index (Phi) is 2.53. The van der Waals surface area contributed by atoms with Crippen molar-refractivity contribution in [2.45, 2.75) is 19.3 Å². The van der Waals surface area contributed by atoms with Crippen LogP contribution >= 0.6 is 22.7 Å². The zero-order chi connectivity index (χ0) is 12.8. The van der Waals surface area contributed by atoms with E-state index in [-0.39, 0.29) is 5.82 Å². The monoisotopic (exact) mass is 291 g/mol. The van der Waals surface area contributed by atoms with Gasteiger partial charge in [0.05, 0.1) is 10.4 Å². The van der Waals surface area contributed by atoms with E-state index in [1.54, 1.807) is 17.4 Å². The number of rotatable bonds is 2. The van der Waals surface area contributed by atoms with Gasteiger partial charge in [-0.15, -0.1) is 11.3 Å². The smallest absolute Gasteiger partial charge is 0.190 e. The topological polar surface area (TPSA) is 37.8 Å². The first-order valence-electron chi connectivity index (χ1n) is 6.10. The molecule has 0 unspecified atom stereocenters. The first kappa shape index (κ1) is 11.3. The van der Waals surface area contributed by atoms with Crippen molar-refractivity contribution in [2.24, 2.45) is 0 Å². The largest absolute Gasteiger partial charge is 0.307 e. The van der Waals surface area contributed by atoms with Crippen LogP contribution in [0.5, 0.6) is 0 Å². The highest BCUT2D eigenvalue weighted by atomic mass is 32.1. The molecule has 2 heterocycles. The lowest BCUT2D eigenvalue weighted by Gasteiger charge is -1.95. The molecule has 1 aromatic carbocycles. The molecule has 1 aliphatic carbocycles. The maximum absolute atomic E-state index is 13.6. The number of aromatic nitrogens is 2. The van der Waals surface area contributed by atoms with E-state index in [1.807, 2.05) is 6.07 Å². The second-order valence-electron chi connectivity index (χ2n) is 4.47. The number of hydrogen-bond donors (Lipinski definition) is 1. The molecule has 3 aromatic rings. The molecule has 4 rings (SSSR count). The quantitative estimate of drug-likeness (QED) is 0.771. The minimum absolute atomic E-state index is 0.275. The summed E-state index contributed by atoms with van der Waals surface area (Å²) >= 11 is 3.13. The van der Waals surface area contributed by atoms with Gasteiger partial charge in [-0.05, 0) is 31.4 Å². The fourth-order valence-electron chi connectivity index (χ4n) is 2.30. The molecular formula is C13H10FN3S2. The first-order chi connectivity index (χ1) is 9.29. The maximum atomic E-state index is 13.6. The molecule has 0 atom stereocenters. The zero-order valence-corrected chi connectivity index (χ0v) is 11.6. The van der Waals surface area contributed by atoms with Gasteiger partial charge in [0.2, 0.25) is 0 Å². The number of nitrogens with zero attached hydrogens (tertiary/aromatic N) is 2. The van der Waals surface area contributed by atoms with Crippen LogP contribution in [-0.4, -0.2) is 9.97 Å². The van der Waals surface area contributed by atoms with Gasteiger partial charge in [0.15, 0.2) is 10.3 Å². The SMILES string of the molecule is Fc1cccc2sc(Nc3nc4c(s3)CCC4)nc12. The number of para-hydroxylation sites is 1. The summed E-state index contributed by atoms with van der Waals surface area (Å²) < 4.78 is 14.4. The summed E-state index contributed by atoms with van der Waals surface area (Å²) in [5.74, 6) is -0.275. The van der Waals surface area contributed by atoms with Crippen molar-refractivity contribution >= 4 is 43.2 Å². The van der Waals surface area contributed by atoms with Crippen molar-refractivity contribution in [2.75, 3.05) is 5.32 Å². The van der Waals surface area contributed by atoms with Gasteiger partial charge in [0.1, 0.15) is 11.3 Å². The molecule has 1 N–H and O–H groups in total. The average molecular weight is 291 g/mol. The standard InChI is InChI=1S/C13H10FN3S2/c14-7-3-1-6-10-11(7)16-13(19-10)17-12-15-8-4-2-5-9(8)18-12/h1,3,6H,2,4-5H2,(H,15,16,17). The van der Waals surface area contributed by atoms with Crippen molar-refractivity contribution in [3.63, 3.8) is 0 Å². The Hall–Kier alpha value is -1.53. The third-order valence-corrected chi connectivity index (χ3v) is 5.19. The van der Waals surface area contributed by atoms with Crippen molar-refractivity contribution in [1.29, 1.82) is 0 Å². The van der Waals surface area contributed by atoms with Gasteiger partial charge in [-0.25, -0.2) is 14.4 Å². The number of aryl methyl sites for hydroxylation is 2. The highest BCUT2D eigenvalue weighted by molar-refractivity contribution is 7.22. The van der Waals surface area contributed by atoms with E-state index < -0.39 is 0 Å². The Bertz CT molecular complexity index is 741. The van der Waals surface area contributed by atoms with Gasteiger partial charge in [-0.2, -0.15) is 0 Å². The molecule has 0 aliphatic heterocycles. The molecule has 0 radical (unpaired) electrons. The lowest BCUT2D eigenvalue weighted by Crippen LogP contribution is -1.89. The molecule has 0 spiro atoms. The van der Waals surface area contributed by atoms with Gasteiger partial charge in [-0.3, -0.25) is 0 Å². The number of thiazole rings is 2. The van der Waals surface area contributed by atoms with E-state index >= 15 is 0 Å². The summed E-state index contributed by atoms with van der Waals surface area (Å²) in [4.78, 5) is 10.2. The van der Waals surface area contributed by atoms with Crippen LogP contribution in [0.25, 0.3) is 10.2 Å². The summed E-state index contributed by atoms with van der Waals surface area (Å²) in [6.45, 7) is 0. The number of halogens is 1. The zero-order valence-electron chi connectivity index (χ0n) is 9.94. The lowest BCUT2D eigenvalue weighted by molar-refractivity contribution is 0.637. The Morgan fingerprint density at radius 1 is 1.11 bits per heavy atom. The molecule has 0 bridgehead atoms. The van der Waals surface area contributed by atoms with Crippen LogP contribution < -0.4 is 5.32 Å². The number of hydrogen-bond acceptors (Lipinski definition) is 5. The van der Waals surface area contributed by atoms with Gasteiger partial charge in [0, 0.05) is 4.88 Å². The molecule has 0 amide bonds. The van der Waals surface area contributed by atoms with Crippen LogP contribution in [0.1, 0.15) is 17.0 Å². The van der Waals surface area contributed by atoms with E-state index in [4.69, 9.17) is 0 Å². The summed E-state index contributed by atoms with van der Waals surface area (Å²) in [5.41, 5.74) is 1.64. The van der Waals surface area contributed by atoms with Crippen molar-refractivity contribution in [1.82, 2.24) is 9.97 Å². The molecule has 2 aromatic heterocycles. The fourth-order valence-corrected chi connectivity index (χ4v) is 4.30. The van der Waals surface area contributed by atoms with Crippen LogP contribution in [-0.2, 0) is 12.8 Å². The predicted octanol–water partition coefficient (Wildman–Crippen LogP) is 4.12. The molecule has 19 heavy (non-hydrogen) atoms. The fraction of sp³-hybridized carbons (Fsp3) is 0.231. The van der Waals surface area contributed by atoms with Gasteiger partial charge < -0.3 is 5.32 Å². The minimum Gasteiger partial charge on any atom is -0.307 e. The Labute approximate surface area is 117 Å². The normalized spacial score (nSPS) is 13.9. The predicted molar refractivity (Wildman–Crippen MR) is 77.0 cm³/mol. The summed E-state index contributed by atoms with van der Waals surface area (Å²) in [5, 5.41) is 4.76. The van der Waals surface area contributed by atoms with Crippen molar-refractivity contribution in [3.8, 4) is 0 Å². The molecule has 0 saturated heterocycles. The van der Waals surface area contributed by atoms with Crippen LogP contribution in [0.3, 0.4) is 0 Å². The van der Waals surface area contributed by atoms with Gasteiger partial charge >= 0.3 is 0 Å². The van der Waals surface area contributed by atoms with Gasteiger partial charge in [-0.1, -0.05) is 17.4 Å². The molecule has 0 fully saturated rings. The van der Waals surface area contributed by atoms with Crippen molar-refractivity contribution in [3.05, 3.63) is 34.6 Å². The summed E-state index contributed by atoms with van der Waals surface area (Å²) in [6.07, 6.45) is 3.41. The Morgan fingerprint density at radius 3 is 2.84 bits per heavy atom. The van der Waals surface area contributed by atoms with E-state index in [1.165, 1.54) is 34.4 Å². The Balaban J connectivity index is 1.68. The maximum Gasteiger partial charge on any atom is 0.190 e. The number of benzene rings is 1. The molecule has 96 valence electrons. The third-order valence-electron chi connectivity index (χ3n) is 3.18.